The summed E-state index contributed by atoms with van der Waals surface area (Å²) in [5.41, 5.74) is 1.68. The Kier molecular flexibility index (Phi) is 2.87. The summed E-state index contributed by atoms with van der Waals surface area (Å²) < 4.78 is 9.23. The second kappa shape index (κ2) is 4.85. The molecule has 3 aromatic heterocycles. The maximum Gasteiger partial charge on any atom is 0.262 e. The van der Waals surface area contributed by atoms with Crippen molar-refractivity contribution < 1.29 is 14.6 Å². The van der Waals surface area contributed by atoms with Gasteiger partial charge in [0.05, 0.1) is 23.5 Å². The van der Waals surface area contributed by atoms with Crippen LogP contribution in [0.2, 0.25) is 0 Å². The summed E-state index contributed by atoms with van der Waals surface area (Å²) in [6.45, 7) is 2.80. The highest BCUT2D eigenvalue weighted by Crippen LogP contribution is 2.58. The van der Waals surface area contributed by atoms with E-state index in [9.17, 15) is 9.90 Å². The van der Waals surface area contributed by atoms with Crippen LogP contribution in [0.1, 0.15) is 35.8 Å². The third-order valence-electron chi connectivity index (χ3n) is 5.44. The standard InChI is InChI=1S/C18H19N5O3/c1-17-8-18(9-17,10-26-17)13-7-23-6-11(12(24)5-15(23)19-13)16(25)20-14-3-4-22(2)21-14/h3-7,24H,8-10H2,1-2H3,(H,20,21,25). The summed E-state index contributed by atoms with van der Waals surface area (Å²) >= 11 is 0. The number of aryl methyl sites for hydroxylation is 1. The van der Waals surface area contributed by atoms with Crippen LogP contribution in [-0.2, 0) is 17.2 Å². The Morgan fingerprint density at radius 2 is 2.19 bits per heavy atom. The molecule has 0 spiro atoms. The van der Waals surface area contributed by atoms with Gasteiger partial charge in [0, 0.05) is 43.2 Å². The lowest BCUT2D eigenvalue weighted by Crippen LogP contribution is -2.45. The number of rotatable bonds is 3. The maximum absolute atomic E-state index is 12.5. The van der Waals surface area contributed by atoms with Crippen molar-refractivity contribution in [1.29, 1.82) is 0 Å². The lowest BCUT2D eigenvalue weighted by Gasteiger charge is -2.41. The predicted molar refractivity (Wildman–Crippen MR) is 93.3 cm³/mol. The van der Waals surface area contributed by atoms with E-state index >= 15 is 0 Å². The molecule has 6 rings (SSSR count). The summed E-state index contributed by atoms with van der Waals surface area (Å²) in [6.07, 6.45) is 7.19. The van der Waals surface area contributed by atoms with Crippen molar-refractivity contribution in [2.24, 2.45) is 7.05 Å². The SMILES string of the molecule is Cn1ccc(NC(=O)c2cn3cc(C45COC(C)(C4)C5)nc3cc2O)n1. The zero-order valence-corrected chi connectivity index (χ0v) is 14.6. The van der Waals surface area contributed by atoms with E-state index in [1.165, 1.54) is 6.07 Å². The van der Waals surface area contributed by atoms with Gasteiger partial charge < -0.3 is 19.6 Å². The number of ether oxygens (including phenoxy) is 1. The lowest BCUT2D eigenvalue weighted by molar-refractivity contribution is 0.0154. The van der Waals surface area contributed by atoms with Crippen LogP contribution in [-0.4, -0.2) is 42.4 Å². The Balaban J connectivity index is 1.48. The highest BCUT2D eigenvalue weighted by molar-refractivity contribution is 6.05. The fourth-order valence-corrected chi connectivity index (χ4v) is 4.27. The molecule has 0 radical (unpaired) electrons. The van der Waals surface area contributed by atoms with E-state index < -0.39 is 5.91 Å². The van der Waals surface area contributed by atoms with E-state index in [2.05, 4.69) is 22.3 Å². The van der Waals surface area contributed by atoms with E-state index in [1.807, 2.05) is 6.20 Å². The fourth-order valence-electron chi connectivity index (χ4n) is 4.27. The van der Waals surface area contributed by atoms with Gasteiger partial charge in [-0.1, -0.05) is 0 Å². The van der Waals surface area contributed by atoms with Gasteiger partial charge in [-0.3, -0.25) is 9.48 Å². The molecule has 8 heteroatoms. The minimum absolute atomic E-state index is 0.0222. The van der Waals surface area contributed by atoms with Gasteiger partial charge in [0.15, 0.2) is 5.82 Å². The van der Waals surface area contributed by atoms with Crippen LogP contribution in [0.25, 0.3) is 5.65 Å². The second-order valence-corrected chi connectivity index (χ2v) is 7.67. The number of carbonyl (C=O) groups excluding carboxylic acids is 1. The van der Waals surface area contributed by atoms with Gasteiger partial charge in [0.1, 0.15) is 11.4 Å². The van der Waals surface area contributed by atoms with E-state index in [0.717, 1.165) is 18.5 Å². The molecule has 3 aliphatic rings. The molecule has 1 aliphatic carbocycles. The van der Waals surface area contributed by atoms with Crippen LogP contribution in [0.4, 0.5) is 5.82 Å². The fraction of sp³-hybridized carbons (Fsp3) is 0.389. The summed E-state index contributed by atoms with van der Waals surface area (Å²) in [5.74, 6) is -0.0994. The number of nitrogens with zero attached hydrogens (tertiary/aromatic N) is 4. The smallest absolute Gasteiger partial charge is 0.262 e. The molecule has 1 amide bonds. The minimum Gasteiger partial charge on any atom is -0.507 e. The van der Waals surface area contributed by atoms with Crippen molar-refractivity contribution in [2.75, 3.05) is 11.9 Å². The predicted octanol–water partition coefficient (Wildman–Crippen LogP) is 1.85. The Morgan fingerprint density at radius 3 is 2.85 bits per heavy atom. The first kappa shape index (κ1) is 15.4. The molecule has 1 saturated carbocycles. The summed E-state index contributed by atoms with van der Waals surface area (Å²) in [7, 11) is 1.77. The Labute approximate surface area is 149 Å². The van der Waals surface area contributed by atoms with Gasteiger partial charge in [-0.25, -0.2) is 4.98 Å². The quantitative estimate of drug-likeness (QED) is 0.749. The van der Waals surface area contributed by atoms with Crippen LogP contribution in [0.15, 0.2) is 30.7 Å². The average Bonchev–Trinajstić information content (AvgIpc) is 3.29. The zero-order valence-electron chi connectivity index (χ0n) is 14.6. The van der Waals surface area contributed by atoms with Crippen molar-refractivity contribution in [3.05, 3.63) is 42.0 Å². The molecule has 8 nitrogen and oxygen atoms in total. The van der Waals surface area contributed by atoms with Crippen molar-refractivity contribution in [3.8, 4) is 5.75 Å². The van der Waals surface area contributed by atoms with Crippen LogP contribution in [0.5, 0.6) is 5.75 Å². The summed E-state index contributed by atoms with van der Waals surface area (Å²) in [6, 6.07) is 3.21. The second-order valence-electron chi connectivity index (χ2n) is 7.67. The van der Waals surface area contributed by atoms with Crippen LogP contribution in [0.3, 0.4) is 0 Å². The molecule has 2 aliphatic heterocycles. The van der Waals surface area contributed by atoms with Gasteiger partial charge in [0.25, 0.3) is 5.91 Å². The van der Waals surface area contributed by atoms with Crippen LogP contribution >= 0.6 is 0 Å². The number of carbonyl (C=O) groups is 1. The van der Waals surface area contributed by atoms with Gasteiger partial charge >= 0.3 is 0 Å². The zero-order chi connectivity index (χ0) is 18.1. The van der Waals surface area contributed by atoms with Gasteiger partial charge in [0.2, 0.25) is 0 Å². The Bertz CT molecular complexity index is 1040. The molecular weight excluding hydrogens is 334 g/mol. The first-order chi connectivity index (χ1) is 12.4. The number of imidazole rings is 1. The van der Waals surface area contributed by atoms with Gasteiger partial charge in [-0.05, 0) is 19.8 Å². The molecule has 5 heterocycles. The van der Waals surface area contributed by atoms with Crippen molar-refractivity contribution in [3.63, 3.8) is 0 Å². The number of nitrogens with one attached hydrogen (secondary N) is 1. The first-order valence-electron chi connectivity index (χ1n) is 8.53. The maximum atomic E-state index is 12.5. The third kappa shape index (κ3) is 2.15. The molecule has 0 atom stereocenters. The number of pyridine rings is 1. The number of hydrogen-bond donors (Lipinski definition) is 2. The van der Waals surface area contributed by atoms with Gasteiger partial charge in [-0.15, -0.1) is 0 Å². The third-order valence-corrected chi connectivity index (χ3v) is 5.44. The van der Waals surface area contributed by atoms with Crippen molar-refractivity contribution in [1.82, 2.24) is 19.2 Å². The molecule has 3 fully saturated rings. The lowest BCUT2D eigenvalue weighted by atomic mass is 9.62. The molecule has 26 heavy (non-hydrogen) atoms. The summed E-state index contributed by atoms with van der Waals surface area (Å²) in [5, 5.41) is 17.1. The normalized spacial score (nSPS) is 26.8. The van der Waals surface area contributed by atoms with Crippen molar-refractivity contribution in [2.45, 2.75) is 30.8 Å². The topological polar surface area (TPSA) is 93.7 Å². The molecule has 2 N–H and O–H groups in total. The Hall–Kier alpha value is -2.87. The molecule has 2 bridgehead atoms. The van der Waals surface area contributed by atoms with Crippen LogP contribution in [0, 0.1) is 0 Å². The number of aromatic hydroxyl groups is 1. The number of aromatic nitrogens is 4. The van der Waals surface area contributed by atoms with E-state index in [4.69, 9.17) is 4.74 Å². The molecule has 0 aromatic carbocycles. The number of anilines is 1. The highest BCUT2D eigenvalue weighted by Gasteiger charge is 2.61. The molecular formula is C18H19N5O3. The van der Waals surface area contributed by atoms with Crippen LogP contribution < -0.4 is 5.32 Å². The van der Waals surface area contributed by atoms with Crippen molar-refractivity contribution >= 4 is 17.4 Å². The van der Waals surface area contributed by atoms with E-state index in [0.29, 0.717) is 18.1 Å². The summed E-state index contributed by atoms with van der Waals surface area (Å²) in [4.78, 5) is 17.1. The van der Waals surface area contributed by atoms with E-state index in [-0.39, 0.29) is 22.3 Å². The number of amides is 1. The number of fused-ring (bicyclic) bond motifs is 2. The minimum atomic E-state index is -0.420. The molecule has 0 unspecified atom stereocenters. The molecule has 2 saturated heterocycles. The first-order valence-corrected chi connectivity index (χ1v) is 8.53. The van der Waals surface area contributed by atoms with Gasteiger partial charge in [-0.2, -0.15) is 5.10 Å². The monoisotopic (exact) mass is 353 g/mol. The molecule has 134 valence electrons. The number of hydrogen-bond acceptors (Lipinski definition) is 5. The average molecular weight is 353 g/mol. The largest absolute Gasteiger partial charge is 0.507 e. The highest BCUT2D eigenvalue weighted by atomic mass is 16.5. The Morgan fingerprint density at radius 1 is 1.38 bits per heavy atom. The molecule has 3 aromatic rings. The van der Waals surface area contributed by atoms with E-state index in [1.54, 1.807) is 34.6 Å².